The zero-order valence-electron chi connectivity index (χ0n) is 10.5. The summed E-state index contributed by atoms with van der Waals surface area (Å²) < 4.78 is 4.00. The molecular weight excluding hydrogens is 326 g/mol. The molecule has 0 N–H and O–H groups in total. The molecule has 0 unspecified atom stereocenters. The molecule has 1 saturated carbocycles. The lowest BCUT2D eigenvalue weighted by molar-refractivity contribution is -0.384. The third-order valence-electron chi connectivity index (χ3n) is 3.40. The number of nitro benzene ring substituents is 1. The molecule has 2 aromatic rings. The monoisotopic (exact) mass is 337 g/mol. The molecule has 0 spiro atoms. The second-order valence-electron chi connectivity index (χ2n) is 4.88. The Bertz CT molecular complexity index is 731. The minimum atomic E-state index is -0.440. The van der Waals surface area contributed by atoms with E-state index in [1.54, 1.807) is 27.6 Å². The fourth-order valence-electron chi connectivity index (χ4n) is 2.14. The fraction of sp³-hybridized carbons (Fsp3) is 0.308. The molecular formula is C13H12BrN3O3. The molecule has 0 radical (unpaired) electrons. The molecule has 104 valence electrons. The highest BCUT2D eigenvalue weighted by Crippen LogP contribution is 2.33. The van der Waals surface area contributed by atoms with Gasteiger partial charge in [0.15, 0.2) is 0 Å². The summed E-state index contributed by atoms with van der Waals surface area (Å²) in [6.45, 7) is 0.400. The lowest BCUT2D eigenvalue weighted by Gasteiger charge is -2.05. The molecule has 0 amide bonds. The normalized spacial score (nSPS) is 14.4. The van der Waals surface area contributed by atoms with Crippen molar-refractivity contribution in [2.24, 2.45) is 0 Å². The van der Waals surface area contributed by atoms with Gasteiger partial charge in [0, 0.05) is 35.0 Å². The van der Waals surface area contributed by atoms with Crippen molar-refractivity contribution in [2.75, 3.05) is 0 Å². The fourth-order valence-corrected chi connectivity index (χ4v) is 2.63. The van der Waals surface area contributed by atoms with Crippen LogP contribution in [0.4, 0.5) is 5.69 Å². The first kappa shape index (κ1) is 13.1. The van der Waals surface area contributed by atoms with Gasteiger partial charge in [0.2, 0.25) is 0 Å². The Morgan fingerprint density at radius 1 is 1.35 bits per heavy atom. The van der Waals surface area contributed by atoms with Crippen molar-refractivity contribution >= 4 is 21.6 Å². The molecule has 0 atom stereocenters. The molecule has 3 rings (SSSR count). The minimum absolute atomic E-state index is 0.0299. The van der Waals surface area contributed by atoms with Gasteiger partial charge in [0.25, 0.3) is 5.69 Å². The van der Waals surface area contributed by atoms with Gasteiger partial charge in [-0.1, -0.05) is 15.9 Å². The predicted molar refractivity (Wildman–Crippen MR) is 76.9 cm³/mol. The number of halogens is 1. The van der Waals surface area contributed by atoms with Gasteiger partial charge in [0.1, 0.15) is 0 Å². The molecule has 1 aliphatic carbocycles. The Morgan fingerprint density at radius 3 is 2.70 bits per heavy atom. The first-order valence-electron chi connectivity index (χ1n) is 6.26. The summed E-state index contributed by atoms with van der Waals surface area (Å²) in [6.07, 6.45) is 5.68. The maximum atomic E-state index is 12.1. The first-order valence-corrected chi connectivity index (χ1v) is 7.05. The molecule has 0 saturated heterocycles. The van der Waals surface area contributed by atoms with Crippen LogP contribution in [0.2, 0.25) is 0 Å². The van der Waals surface area contributed by atoms with Crippen LogP contribution in [-0.4, -0.2) is 14.1 Å². The Kier molecular flexibility index (Phi) is 3.21. The van der Waals surface area contributed by atoms with Gasteiger partial charge in [-0.25, -0.2) is 4.79 Å². The van der Waals surface area contributed by atoms with Gasteiger partial charge in [-0.05, 0) is 24.5 Å². The summed E-state index contributed by atoms with van der Waals surface area (Å²) in [5.41, 5.74) is 0.840. The lowest BCUT2D eigenvalue weighted by Crippen LogP contribution is -2.23. The Balaban J connectivity index is 1.87. The zero-order valence-corrected chi connectivity index (χ0v) is 12.1. The number of benzene rings is 1. The number of nitro groups is 1. The van der Waals surface area contributed by atoms with Gasteiger partial charge < -0.3 is 0 Å². The van der Waals surface area contributed by atoms with Crippen LogP contribution >= 0.6 is 15.9 Å². The van der Waals surface area contributed by atoms with E-state index in [0.29, 0.717) is 17.1 Å². The average molecular weight is 338 g/mol. The van der Waals surface area contributed by atoms with E-state index in [9.17, 15) is 14.9 Å². The molecule has 1 heterocycles. The number of non-ortho nitro benzene ring substituents is 1. The maximum absolute atomic E-state index is 12.1. The Hall–Kier alpha value is -1.89. The van der Waals surface area contributed by atoms with E-state index in [1.165, 1.54) is 12.1 Å². The molecule has 1 fully saturated rings. The smallest absolute Gasteiger partial charge is 0.296 e. The van der Waals surface area contributed by atoms with Crippen LogP contribution in [0.3, 0.4) is 0 Å². The highest BCUT2D eigenvalue weighted by atomic mass is 79.9. The van der Waals surface area contributed by atoms with Crippen molar-refractivity contribution in [3.05, 3.63) is 61.2 Å². The highest BCUT2D eigenvalue weighted by Gasteiger charge is 2.25. The molecule has 0 bridgehead atoms. The van der Waals surface area contributed by atoms with Gasteiger partial charge in [-0.2, -0.15) is 0 Å². The van der Waals surface area contributed by atoms with Crippen molar-refractivity contribution in [1.29, 1.82) is 0 Å². The summed E-state index contributed by atoms with van der Waals surface area (Å²) in [6, 6.07) is 4.92. The zero-order chi connectivity index (χ0) is 14.3. The molecule has 20 heavy (non-hydrogen) atoms. The molecule has 1 aromatic heterocycles. The van der Waals surface area contributed by atoms with Crippen LogP contribution in [0, 0.1) is 10.1 Å². The van der Waals surface area contributed by atoms with Crippen molar-refractivity contribution in [1.82, 2.24) is 9.13 Å². The number of nitrogens with zero attached hydrogens (tertiary/aromatic N) is 3. The predicted octanol–water partition coefficient (Wildman–Crippen LogP) is 2.70. The average Bonchev–Trinajstić information content (AvgIpc) is 3.18. The number of hydrogen-bond acceptors (Lipinski definition) is 3. The quantitative estimate of drug-likeness (QED) is 0.636. The van der Waals surface area contributed by atoms with Gasteiger partial charge in [0.05, 0.1) is 11.5 Å². The number of hydrogen-bond donors (Lipinski definition) is 0. The minimum Gasteiger partial charge on any atom is -0.296 e. The van der Waals surface area contributed by atoms with E-state index < -0.39 is 4.92 Å². The summed E-state index contributed by atoms with van der Waals surface area (Å²) >= 11 is 3.32. The van der Waals surface area contributed by atoms with Crippen LogP contribution in [-0.2, 0) is 6.54 Å². The Morgan fingerprint density at radius 2 is 2.10 bits per heavy atom. The maximum Gasteiger partial charge on any atom is 0.328 e. The van der Waals surface area contributed by atoms with E-state index in [4.69, 9.17) is 0 Å². The van der Waals surface area contributed by atoms with E-state index >= 15 is 0 Å². The van der Waals surface area contributed by atoms with Crippen LogP contribution in [0.5, 0.6) is 0 Å². The topological polar surface area (TPSA) is 70.1 Å². The second kappa shape index (κ2) is 4.90. The van der Waals surface area contributed by atoms with Gasteiger partial charge in [-0.3, -0.25) is 19.2 Å². The van der Waals surface area contributed by atoms with E-state index in [0.717, 1.165) is 18.4 Å². The number of aromatic nitrogens is 2. The summed E-state index contributed by atoms with van der Waals surface area (Å²) in [5, 5.41) is 10.7. The van der Waals surface area contributed by atoms with Crippen molar-refractivity contribution in [3.63, 3.8) is 0 Å². The van der Waals surface area contributed by atoms with E-state index in [1.807, 2.05) is 0 Å². The van der Waals surface area contributed by atoms with Crippen LogP contribution in [0.25, 0.3) is 0 Å². The molecule has 1 aliphatic rings. The van der Waals surface area contributed by atoms with E-state index in [2.05, 4.69) is 15.9 Å². The molecule has 1 aromatic carbocycles. The molecule has 0 aliphatic heterocycles. The molecule has 7 heteroatoms. The number of imidazole rings is 1. The standard InChI is InChI=1S/C13H12BrN3O3/c14-12-7-11(17(19)20)2-1-9(12)8-15-5-6-16(13(15)18)10-3-4-10/h1-2,5-7,10H,3-4,8H2. The number of rotatable bonds is 4. The SMILES string of the molecule is O=c1n(Cc2ccc([N+](=O)[O-])cc2Br)ccn1C1CC1. The van der Waals surface area contributed by atoms with Gasteiger partial charge in [-0.15, -0.1) is 0 Å². The van der Waals surface area contributed by atoms with E-state index in [-0.39, 0.29) is 11.4 Å². The Labute approximate surface area is 122 Å². The largest absolute Gasteiger partial charge is 0.328 e. The lowest BCUT2D eigenvalue weighted by atomic mass is 10.2. The summed E-state index contributed by atoms with van der Waals surface area (Å²) in [7, 11) is 0. The van der Waals surface area contributed by atoms with Crippen molar-refractivity contribution < 1.29 is 4.92 Å². The van der Waals surface area contributed by atoms with Crippen molar-refractivity contribution in [2.45, 2.75) is 25.4 Å². The van der Waals surface area contributed by atoms with Crippen molar-refractivity contribution in [3.8, 4) is 0 Å². The highest BCUT2D eigenvalue weighted by molar-refractivity contribution is 9.10. The first-order chi connectivity index (χ1) is 9.56. The van der Waals surface area contributed by atoms with Gasteiger partial charge >= 0.3 is 5.69 Å². The van der Waals surface area contributed by atoms with Crippen LogP contribution in [0.1, 0.15) is 24.4 Å². The summed E-state index contributed by atoms with van der Waals surface area (Å²) in [4.78, 5) is 22.4. The third kappa shape index (κ3) is 2.40. The van der Waals surface area contributed by atoms with Crippen LogP contribution in [0.15, 0.2) is 39.9 Å². The van der Waals surface area contributed by atoms with Crippen LogP contribution < -0.4 is 5.69 Å². The third-order valence-corrected chi connectivity index (χ3v) is 4.14. The second-order valence-corrected chi connectivity index (χ2v) is 5.73. The summed E-state index contributed by atoms with van der Waals surface area (Å²) in [5.74, 6) is 0. The molecule has 6 nitrogen and oxygen atoms in total.